The Bertz CT molecular complexity index is 414. The van der Waals surface area contributed by atoms with E-state index in [9.17, 15) is 0 Å². The quantitative estimate of drug-likeness (QED) is 0.859. The Morgan fingerprint density at radius 1 is 1.40 bits per heavy atom. The Hall–Kier alpha value is -1.39. The van der Waals surface area contributed by atoms with E-state index in [1.165, 1.54) is 0 Å². The first-order valence-corrected chi connectivity index (χ1v) is 5.61. The van der Waals surface area contributed by atoms with Crippen molar-refractivity contribution in [1.82, 2.24) is 4.98 Å². The average molecular weight is 220 g/mol. The zero-order valence-electron chi connectivity index (χ0n) is 8.22. The van der Waals surface area contributed by atoms with Gasteiger partial charge in [0.05, 0.1) is 11.2 Å². The van der Waals surface area contributed by atoms with Gasteiger partial charge in [0.1, 0.15) is 12.4 Å². The van der Waals surface area contributed by atoms with Gasteiger partial charge in [-0.15, -0.1) is 11.3 Å². The van der Waals surface area contributed by atoms with Crippen LogP contribution in [0.3, 0.4) is 0 Å². The van der Waals surface area contributed by atoms with Crippen LogP contribution in [0.1, 0.15) is 11.3 Å². The molecular formula is C11H12N2OS. The van der Waals surface area contributed by atoms with Crippen LogP contribution in [-0.2, 0) is 13.2 Å². The highest BCUT2D eigenvalue weighted by Gasteiger charge is 1.98. The molecule has 15 heavy (non-hydrogen) atoms. The van der Waals surface area contributed by atoms with Crippen molar-refractivity contribution in [2.45, 2.75) is 13.2 Å². The summed E-state index contributed by atoms with van der Waals surface area (Å²) in [6.45, 7) is 1.05. The van der Waals surface area contributed by atoms with Crippen molar-refractivity contribution in [3.05, 3.63) is 46.4 Å². The summed E-state index contributed by atoms with van der Waals surface area (Å²) in [6.07, 6.45) is 0. The Labute approximate surface area is 92.5 Å². The van der Waals surface area contributed by atoms with E-state index >= 15 is 0 Å². The van der Waals surface area contributed by atoms with E-state index in [0.29, 0.717) is 13.2 Å². The molecule has 0 bridgehead atoms. The van der Waals surface area contributed by atoms with E-state index in [1.807, 2.05) is 29.6 Å². The molecule has 2 rings (SSSR count). The number of nitrogens with zero attached hydrogens (tertiary/aromatic N) is 1. The summed E-state index contributed by atoms with van der Waals surface area (Å²) < 4.78 is 5.58. The van der Waals surface area contributed by atoms with Gasteiger partial charge in [0.2, 0.25) is 0 Å². The molecule has 0 fully saturated rings. The molecule has 1 aromatic carbocycles. The van der Waals surface area contributed by atoms with E-state index in [-0.39, 0.29) is 0 Å². The highest BCUT2D eigenvalue weighted by molar-refractivity contribution is 7.07. The second-order valence-electron chi connectivity index (χ2n) is 3.12. The van der Waals surface area contributed by atoms with E-state index < -0.39 is 0 Å². The van der Waals surface area contributed by atoms with Crippen LogP contribution in [0.15, 0.2) is 35.2 Å². The van der Waals surface area contributed by atoms with Crippen LogP contribution in [0.25, 0.3) is 0 Å². The number of hydrogen-bond acceptors (Lipinski definition) is 4. The van der Waals surface area contributed by atoms with Gasteiger partial charge >= 0.3 is 0 Å². The maximum Gasteiger partial charge on any atom is 0.131 e. The fourth-order valence-corrected chi connectivity index (χ4v) is 1.77. The van der Waals surface area contributed by atoms with E-state index in [2.05, 4.69) is 4.98 Å². The van der Waals surface area contributed by atoms with Gasteiger partial charge in [0.25, 0.3) is 0 Å². The molecule has 2 aromatic rings. The molecule has 78 valence electrons. The largest absolute Gasteiger partial charge is 0.487 e. The number of aromatic nitrogens is 1. The third kappa shape index (κ3) is 2.78. The second-order valence-corrected chi connectivity index (χ2v) is 3.84. The number of thiazole rings is 1. The molecule has 0 aliphatic carbocycles. The Balaban J connectivity index is 1.98. The molecule has 0 saturated heterocycles. The molecule has 0 aliphatic heterocycles. The van der Waals surface area contributed by atoms with E-state index in [4.69, 9.17) is 10.5 Å². The fraction of sp³-hybridized carbons (Fsp3) is 0.182. The highest BCUT2D eigenvalue weighted by atomic mass is 32.1. The monoisotopic (exact) mass is 220 g/mol. The van der Waals surface area contributed by atoms with Gasteiger partial charge in [0, 0.05) is 11.9 Å². The van der Waals surface area contributed by atoms with Crippen LogP contribution >= 0.6 is 11.3 Å². The van der Waals surface area contributed by atoms with Crippen molar-refractivity contribution in [3.8, 4) is 5.75 Å². The number of hydrogen-bond donors (Lipinski definition) is 1. The first-order valence-electron chi connectivity index (χ1n) is 4.67. The molecular weight excluding hydrogens is 208 g/mol. The summed E-state index contributed by atoms with van der Waals surface area (Å²) in [7, 11) is 0. The predicted molar refractivity (Wildman–Crippen MR) is 60.8 cm³/mol. The summed E-state index contributed by atoms with van der Waals surface area (Å²) in [5.74, 6) is 0.839. The number of benzene rings is 1. The lowest BCUT2D eigenvalue weighted by molar-refractivity contribution is 0.302. The molecule has 1 aromatic heterocycles. The van der Waals surface area contributed by atoms with Gasteiger partial charge in [-0.05, 0) is 17.7 Å². The third-order valence-corrected chi connectivity index (χ3v) is 2.64. The average Bonchev–Trinajstić information content (AvgIpc) is 2.79. The predicted octanol–water partition coefficient (Wildman–Crippen LogP) is 2.18. The Kier molecular flexibility index (Phi) is 3.32. The molecule has 0 spiro atoms. The molecule has 0 aliphatic rings. The van der Waals surface area contributed by atoms with Gasteiger partial charge in [-0.3, -0.25) is 0 Å². The molecule has 0 unspecified atom stereocenters. The van der Waals surface area contributed by atoms with Crippen LogP contribution in [-0.4, -0.2) is 4.98 Å². The van der Waals surface area contributed by atoms with E-state index in [1.54, 1.807) is 16.8 Å². The molecule has 2 N–H and O–H groups in total. The topological polar surface area (TPSA) is 48.1 Å². The normalized spacial score (nSPS) is 10.2. The van der Waals surface area contributed by atoms with Crippen LogP contribution in [0.5, 0.6) is 5.75 Å². The van der Waals surface area contributed by atoms with Crippen LogP contribution < -0.4 is 10.5 Å². The van der Waals surface area contributed by atoms with Crippen molar-refractivity contribution in [2.75, 3.05) is 0 Å². The number of nitrogens with two attached hydrogens (primary N) is 1. The van der Waals surface area contributed by atoms with Crippen molar-refractivity contribution < 1.29 is 4.74 Å². The molecule has 0 amide bonds. The highest BCUT2D eigenvalue weighted by Crippen LogP contribution is 2.14. The third-order valence-electron chi connectivity index (χ3n) is 2.00. The summed E-state index contributed by atoms with van der Waals surface area (Å²) in [4.78, 5) is 4.14. The zero-order chi connectivity index (χ0) is 10.5. The van der Waals surface area contributed by atoms with E-state index in [0.717, 1.165) is 17.0 Å². The summed E-state index contributed by atoms with van der Waals surface area (Å²) in [6, 6.07) is 7.80. The summed E-state index contributed by atoms with van der Waals surface area (Å²) in [5, 5.41) is 1.98. The minimum atomic E-state index is 0.511. The number of rotatable bonds is 4. The van der Waals surface area contributed by atoms with Gasteiger partial charge in [-0.2, -0.15) is 0 Å². The molecule has 3 nitrogen and oxygen atoms in total. The number of ether oxygens (including phenoxy) is 1. The van der Waals surface area contributed by atoms with Gasteiger partial charge in [-0.25, -0.2) is 4.98 Å². The summed E-state index contributed by atoms with van der Waals surface area (Å²) >= 11 is 1.57. The zero-order valence-corrected chi connectivity index (χ0v) is 9.04. The molecule has 0 radical (unpaired) electrons. The maximum absolute atomic E-state index is 5.58. The van der Waals surface area contributed by atoms with Crippen molar-refractivity contribution in [3.63, 3.8) is 0 Å². The first-order chi connectivity index (χ1) is 7.38. The van der Waals surface area contributed by atoms with Gasteiger partial charge in [0.15, 0.2) is 0 Å². The van der Waals surface area contributed by atoms with Crippen molar-refractivity contribution >= 4 is 11.3 Å². The maximum atomic E-state index is 5.58. The SMILES string of the molecule is NCc1cccc(OCc2cscn2)c1. The molecule has 1 heterocycles. The smallest absolute Gasteiger partial charge is 0.131 e. The van der Waals surface area contributed by atoms with Crippen molar-refractivity contribution in [2.24, 2.45) is 5.73 Å². The van der Waals surface area contributed by atoms with Gasteiger partial charge < -0.3 is 10.5 Å². The standard InChI is InChI=1S/C11H12N2OS/c12-5-9-2-1-3-11(4-9)14-6-10-7-15-8-13-10/h1-4,7-8H,5-6,12H2. The van der Waals surface area contributed by atoms with Crippen molar-refractivity contribution in [1.29, 1.82) is 0 Å². The minimum Gasteiger partial charge on any atom is -0.487 e. The molecule has 0 saturated carbocycles. The van der Waals surface area contributed by atoms with Gasteiger partial charge in [-0.1, -0.05) is 12.1 Å². The second kappa shape index (κ2) is 4.91. The fourth-order valence-electron chi connectivity index (χ4n) is 1.23. The first kappa shape index (κ1) is 10.1. The lowest BCUT2D eigenvalue weighted by Gasteiger charge is -2.05. The molecule has 4 heteroatoms. The van der Waals surface area contributed by atoms with Crippen LogP contribution in [0.4, 0.5) is 0 Å². The molecule has 0 atom stereocenters. The van der Waals surface area contributed by atoms with Crippen LogP contribution in [0.2, 0.25) is 0 Å². The minimum absolute atomic E-state index is 0.511. The lowest BCUT2D eigenvalue weighted by atomic mass is 10.2. The van der Waals surface area contributed by atoms with Crippen LogP contribution in [0, 0.1) is 0 Å². The Morgan fingerprint density at radius 2 is 2.33 bits per heavy atom. The lowest BCUT2D eigenvalue weighted by Crippen LogP contribution is -1.98. The Morgan fingerprint density at radius 3 is 3.07 bits per heavy atom. The summed E-state index contributed by atoms with van der Waals surface area (Å²) in [5.41, 5.74) is 9.38.